The van der Waals surface area contributed by atoms with Gasteiger partial charge in [0.25, 0.3) is 0 Å². The van der Waals surface area contributed by atoms with Crippen molar-refractivity contribution < 1.29 is 9.47 Å². The van der Waals surface area contributed by atoms with Crippen LogP contribution < -0.4 is 20.1 Å². The van der Waals surface area contributed by atoms with Gasteiger partial charge in [0.2, 0.25) is 0 Å². The van der Waals surface area contributed by atoms with Crippen LogP contribution in [0.5, 0.6) is 11.5 Å². The summed E-state index contributed by atoms with van der Waals surface area (Å²) in [5, 5.41) is 6.67. The molecule has 1 aliphatic heterocycles. The summed E-state index contributed by atoms with van der Waals surface area (Å²) >= 11 is 0. The number of aromatic nitrogens is 2. The molecule has 2 aromatic carbocycles. The first-order valence-corrected chi connectivity index (χ1v) is 9.46. The van der Waals surface area contributed by atoms with Crippen LogP contribution in [0, 0.1) is 6.92 Å². The van der Waals surface area contributed by atoms with E-state index in [9.17, 15) is 0 Å². The van der Waals surface area contributed by atoms with E-state index < -0.39 is 0 Å². The second-order valence-corrected chi connectivity index (χ2v) is 7.07. The third-order valence-corrected chi connectivity index (χ3v) is 4.50. The first kappa shape index (κ1) is 18.1. The molecule has 0 radical (unpaired) electrons. The van der Waals surface area contributed by atoms with E-state index in [-0.39, 0.29) is 0 Å². The minimum absolute atomic E-state index is 0.511. The van der Waals surface area contributed by atoms with Gasteiger partial charge < -0.3 is 20.1 Å². The van der Waals surface area contributed by atoms with E-state index in [4.69, 9.17) is 9.47 Å². The Morgan fingerprint density at radius 1 is 0.786 bits per heavy atom. The number of nitrogens with one attached hydrogen (secondary N) is 2. The standard InChI is InChI=1S/C22H24N4O2/c1-14(2)16-4-6-17(7-5-16)25-21-13-22(24-15(3)23-21)26-18-8-9-19-20(12-18)28-11-10-27-19/h4-9,12-14H,10-11H2,1-3H3,(H2,23,24,25,26). The lowest BCUT2D eigenvalue weighted by molar-refractivity contribution is 0.171. The number of benzene rings is 2. The predicted octanol–water partition coefficient (Wildman–Crippen LogP) is 5.17. The first-order valence-electron chi connectivity index (χ1n) is 9.46. The lowest BCUT2D eigenvalue weighted by Crippen LogP contribution is -2.15. The molecule has 1 aliphatic rings. The lowest BCUT2D eigenvalue weighted by atomic mass is 10.0. The molecule has 0 unspecified atom stereocenters. The fourth-order valence-electron chi connectivity index (χ4n) is 3.06. The van der Waals surface area contributed by atoms with Crippen molar-refractivity contribution in [1.29, 1.82) is 0 Å². The Hall–Kier alpha value is -3.28. The monoisotopic (exact) mass is 376 g/mol. The van der Waals surface area contributed by atoms with Gasteiger partial charge in [-0.05, 0) is 42.7 Å². The van der Waals surface area contributed by atoms with Gasteiger partial charge in [-0.2, -0.15) is 0 Å². The Labute approximate surface area is 164 Å². The molecule has 0 amide bonds. The highest BCUT2D eigenvalue weighted by Gasteiger charge is 2.12. The van der Waals surface area contributed by atoms with Gasteiger partial charge in [-0.15, -0.1) is 0 Å². The molecule has 0 bridgehead atoms. The number of fused-ring (bicyclic) bond motifs is 1. The Bertz CT molecular complexity index is 971. The topological polar surface area (TPSA) is 68.3 Å². The van der Waals surface area contributed by atoms with Crippen LogP contribution in [0.1, 0.15) is 31.2 Å². The van der Waals surface area contributed by atoms with Gasteiger partial charge in [-0.1, -0.05) is 26.0 Å². The summed E-state index contributed by atoms with van der Waals surface area (Å²) in [7, 11) is 0. The van der Waals surface area contributed by atoms with Crippen LogP contribution >= 0.6 is 0 Å². The lowest BCUT2D eigenvalue weighted by Gasteiger charge is -2.19. The van der Waals surface area contributed by atoms with Crippen LogP contribution in [0.2, 0.25) is 0 Å². The second-order valence-electron chi connectivity index (χ2n) is 7.07. The van der Waals surface area contributed by atoms with Crippen molar-refractivity contribution in [2.24, 2.45) is 0 Å². The molecule has 4 rings (SSSR count). The highest BCUT2D eigenvalue weighted by Crippen LogP contribution is 2.33. The zero-order valence-electron chi connectivity index (χ0n) is 16.3. The van der Waals surface area contributed by atoms with E-state index in [0.717, 1.165) is 28.7 Å². The number of aryl methyl sites for hydroxylation is 1. The Kier molecular flexibility index (Phi) is 5.02. The van der Waals surface area contributed by atoms with Gasteiger partial charge in [0.1, 0.15) is 30.7 Å². The highest BCUT2D eigenvalue weighted by atomic mass is 16.6. The quantitative estimate of drug-likeness (QED) is 0.640. The average molecular weight is 376 g/mol. The maximum atomic E-state index is 5.64. The van der Waals surface area contributed by atoms with Gasteiger partial charge in [0, 0.05) is 23.5 Å². The molecule has 0 saturated heterocycles. The summed E-state index contributed by atoms with van der Waals surface area (Å²) in [6, 6.07) is 16.1. The van der Waals surface area contributed by atoms with Gasteiger partial charge >= 0.3 is 0 Å². The molecule has 2 N–H and O–H groups in total. The van der Waals surface area contributed by atoms with Crippen LogP contribution in [-0.2, 0) is 0 Å². The number of hydrogen-bond acceptors (Lipinski definition) is 6. The minimum atomic E-state index is 0.511. The molecule has 0 saturated carbocycles. The van der Waals surface area contributed by atoms with Crippen molar-refractivity contribution in [1.82, 2.24) is 9.97 Å². The number of nitrogens with zero attached hydrogens (tertiary/aromatic N) is 2. The van der Waals surface area contributed by atoms with E-state index in [2.05, 4.69) is 58.7 Å². The maximum absolute atomic E-state index is 5.64. The van der Waals surface area contributed by atoms with Crippen molar-refractivity contribution in [2.75, 3.05) is 23.8 Å². The third-order valence-electron chi connectivity index (χ3n) is 4.50. The molecule has 2 heterocycles. The van der Waals surface area contributed by atoms with E-state index in [0.29, 0.717) is 30.8 Å². The number of hydrogen-bond donors (Lipinski definition) is 2. The minimum Gasteiger partial charge on any atom is -0.486 e. The first-order chi connectivity index (χ1) is 13.6. The number of anilines is 4. The molecule has 0 fully saturated rings. The molecule has 6 heteroatoms. The van der Waals surface area contributed by atoms with Crippen LogP contribution in [0.3, 0.4) is 0 Å². The molecule has 0 spiro atoms. The van der Waals surface area contributed by atoms with Crippen molar-refractivity contribution in [3.05, 3.63) is 59.9 Å². The van der Waals surface area contributed by atoms with Gasteiger partial charge in [-0.25, -0.2) is 9.97 Å². The Balaban J connectivity index is 1.52. The van der Waals surface area contributed by atoms with E-state index in [1.54, 1.807) is 0 Å². The molecule has 6 nitrogen and oxygen atoms in total. The van der Waals surface area contributed by atoms with Crippen molar-refractivity contribution >= 4 is 23.0 Å². The van der Waals surface area contributed by atoms with Gasteiger partial charge in [0.05, 0.1) is 0 Å². The molecular weight excluding hydrogens is 352 g/mol. The van der Waals surface area contributed by atoms with E-state index >= 15 is 0 Å². The van der Waals surface area contributed by atoms with Crippen molar-refractivity contribution in [2.45, 2.75) is 26.7 Å². The number of ether oxygens (including phenoxy) is 2. The summed E-state index contributed by atoms with van der Waals surface area (Å²) < 4.78 is 11.2. The molecular formula is C22H24N4O2. The zero-order valence-corrected chi connectivity index (χ0v) is 16.3. The smallest absolute Gasteiger partial charge is 0.163 e. The molecule has 0 aliphatic carbocycles. The second kappa shape index (κ2) is 7.76. The van der Waals surface area contributed by atoms with Crippen molar-refractivity contribution in [3.63, 3.8) is 0 Å². The van der Waals surface area contributed by atoms with Gasteiger partial charge in [-0.3, -0.25) is 0 Å². The van der Waals surface area contributed by atoms with Crippen LogP contribution in [0.15, 0.2) is 48.5 Å². The highest BCUT2D eigenvalue weighted by molar-refractivity contribution is 5.65. The largest absolute Gasteiger partial charge is 0.486 e. The number of rotatable bonds is 5. The normalized spacial score (nSPS) is 12.7. The van der Waals surface area contributed by atoms with Gasteiger partial charge in [0.15, 0.2) is 11.5 Å². The third kappa shape index (κ3) is 4.17. The SMILES string of the molecule is Cc1nc(Nc2ccc(C(C)C)cc2)cc(Nc2ccc3c(c2)OCCO3)n1. The summed E-state index contributed by atoms with van der Waals surface area (Å²) in [6.45, 7) is 7.39. The summed E-state index contributed by atoms with van der Waals surface area (Å²) in [6.07, 6.45) is 0. The maximum Gasteiger partial charge on any atom is 0.163 e. The molecule has 1 aromatic heterocycles. The van der Waals surface area contributed by atoms with Crippen molar-refractivity contribution in [3.8, 4) is 11.5 Å². The zero-order chi connectivity index (χ0) is 19.5. The Morgan fingerprint density at radius 3 is 2.07 bits per heavy atom. The fourth-order valence-corrected chi connectivity index (χ4v) is 3.06. The molecule has 0 atom stereocenters. The summed E-state index contributed by atoms with van der Waals surface area (Å²) in [5.74, 6) is 4.16. The van der Waals surface area contributed by atoms with Crippen LogP contribution in [0.4, 0.5) is 23.0 Å². The average Bonchev–Trinajstić information content (AvgIpc) is 2.68. The van der Waals surface area contributed by atoms with Crippen LogP contribution in [0.25, 0.3) is 0 Å². The molecule has 3 aromatic rings. The Morgan fingerprint density at radius 2 is 1.39 bits per heavy atom. The fraction of sp³-hybridized carbons (Fsp3) is 0.273. The summed E-state index contributed by atoms with van der Waals surface area (Å²) in [4.78, 5) is 8.98. The predicted molar refractivity (Wildman–Crippen MR) is 111 cm³/mol. The molecule has 28 heavy (non-hydrogen) atoms. The summed E-state index contributed by atoms with van der Waals surface area (Å²) in [5.41, 5.74) is 3.19. The van der Waals surface area contributed by atoms with Crippen LogP contribution in [-0.4, -0.2) is 23.2 Å². The van der Waals surface area contributed by atoms with E-state index in [1.165, 1.54) is 5.56 Å². The van der Waals surface area contributed by atoms with E-state index in [1.807, 2.05) is 31.2 Å². The molecule has 144 valence electrons.